The van der Waals surface area contributed by atoms with E-state index < -0.39 is 0 Å². The van der Waals surface area contributed by atoms with E-state index in [4.69, 9.17) is 4.74 Å². The molecule has 20 heavy (non-hydrogen) atoms. The van der Waals surface area contributed by atoms with Crippen molar-refractivity contribution < 1.29 is 4.74 Å². The van der Waals surface area contributed by atoms with Crippen LogP contribution in [0.2, 0.25) is 0 Å². The Labute approximate surface area is 118 Å². The molecule has 0 amide bonds. The van der Waals surface area contributed by atoms with Crippen LogP contribution in [0.1, 0.15) is 19.8 Å². The molecule has 1 aromatic carbocycles. The number of anilines is 3. The van der Waals surface area contributed by atoms with Gasteiger partial charge in [-0.05, 0) is 31.9 Å². The predicted molar refractivity (Wildman–Crippen MR) is 79.6 cm³/mol. The summed E-state index contributed by atoms with van der Waals surface area (Å²) in [5.74, 6) is 2.44. The van der Waals surface area contributed by atoms with Crippen molar-refractivity contribution in [1.29, 1.82) is 0 Å². The van der Waals surface area contributed by atoms with Gasteiger partial charge >= 0.3 is 0 Å². The lowest BCUT2D eigenvalue weighted by Gasteiger charge is -2.12. The Balaban J connectivity index is 1.76. The van der Waals surface area contributed by atoms with Crippen LogP contribution in [0.4, 0.5) is 17.3 Å². The third kappa shape index (κ3) is 3.17. The summed E-state index contributed by atoms with van der Waals surface area (Å²) in [5, 5.41) is 6.63. The number of nitrogens with zero attached hydrogens (tertiary/aromatic N) is 2. The summed E-state index contributed by atoms with van der Waals surface area (Å²) < 4.78 is 5.59. The zero-order chi connectivity index (χ0) is 13.8. The van der Waals surface area contributed by atoms with Crippen molar-refractivity contribution in [2.45, 2.75) is 25.8 Å². The summed E-state index contributed by atoms with van der Waals surface area (Å²) in [6.07, 6.45) is 4.01. The molecular weight excluding hydrogens is 252 g/mol. The maximum absolute atomic E-state index is 5.59. The number of aromatic nitrogens is 2. The van der Waals surface area contributed by atoms with Gasteiger partial charge in [-0.1, -0.05) is 12.1 Å². The van der Waals surface area contributed by atoms with Crippen LogP contribution in [0.5, 0.6) is 5.75 Å². The van der Waals surface area contributed by atoms with Crippen molar-refractivity contribution in [3.05, 3.63) is 36.7 Å². The summed E-state index contributed by atoms with van der Waals surface area (Å²) >= 11 is 0. The molecule has 2 N–H and O–H groups in total. The zero-order valence-electron chi connectivity index (χ0n) is 11.5. The van der Waals surface area contributed by atoms with E-state index in [0.29, 0.717) is 12.6 Å². The molecule has 0 atom stereocenters. The number of nitrogens with one attached hydrogen (secondary N) is 2. The van der Waals surface area contributed by atoms with Crippen molar-refractivity contribution in [3.63, 3.8) is 0 Å². The first-order valence-corrected chi connectivity index (χ1v) is 6.92. The standard InChI is InChI=1S/C15H18N4O/c1-2-20-13-6-4-3-5-12(13)19-15-9-14(16-10-17-15)18-11-7-8-11/h3-6,9-11H,2,7-8H2,1H3,(H2,16,17,18,19). The molecule has 1 saturated carbocycles. The van der Waals surface area contributed by atoms with Gasteiger partial charge in [0.05, 0.1) is 12.3 Å². The van der Waals surface area contributed by atoms with Crippen LogP contribution in [0, 0.1) is 0 Å². The van der Waals surface area contributed by atoms with Crippen LogP contribution in [-0.2, 0) is 0 Å². The lowest BCUT2D eigenvalue weighted by atomic mass is 10.3. The third-order valence-electron chi connectivity index (χ3n) is 3.05. The van der Waals surface area contributed by atoms with Gasteiger partial charge in [0.15, 0.2) is 0 Å². The largest absolute Gasteiger partial charge is 0.492 e. The highest BCUT2D eigenvalue weighted by atomic mass is 16.5. The molecule has 3 rings (SSSR count). The van der Waals surface area contributed by atoms with Crippen molar-refractivity contribution in [1.82, 2.24) is 9.97 Å². The van der Waals surface area contributed by atoms with E-state index in [1.807, 2.05) is 37.3 Å². The van der Waals surface area contributed by atoms with Gasteiger partial charge in [0.25, 0.3) is 0 Å². The van der Waals surface area contributed by atoms with Crippen molar-refractivity contribution in [2.75, 3.05) is 17.2 Å². The Morgan fingerprint density at radius 1 is 1.20 bits per heavy atom. The molecule has 0 spiro atoms. The van der Waals surface area contributed by atoms with E-state index in [0.717, 1.165) is 23.1 Å². The number of hydrogen-bond donors (Lipinski definition) is 2. The Morgan fingerprint density at radius 3 is 2.80 bits per heavy atom. The molecule has 1 aliphatic rings. The summed E-state index contributed by atoms with van der Waals surface area (Å²) in [5.41, 5.74) is 0.908. The van der Waals surface area contributed by atoms with Crippen molar-refractivity contribution in [2.24, 2.45) is 0 Å². The van der Waals surface area contributed by atoms with Crippen molar-refractivity contribution >= 4 is 17.3 Å². The Kier molecular flexibility index (Phi) is 3.67. The maximum Gasteiger partial charge on any atom is 0.142 e. The van der Waals surface area contributed by atoms with Crippen LogP contribution in [0.25, 0.3) is 0 Å². The molecule has 1 heterocycles. The van der Waals surface area contributed by atoms with Gasteiger partial charge in [-0.15, -0.1) is 0 Å². The minimum Gasteiger partial charge on any atom is -0.492 e. The first kappa shape index (κ1) is 12.7. The quantitative estimate of drug-likeness (QED) is 0.844. The molecule has 0 aliphatic heterocycles. The molecule has 1 aromatic heterocycles. The van der Waals surface area contributed by atoms with E-state index in [2.05, 4.69) is 20.6 Å². The van der Waals surface area contributed by atoms with Gasteiger partial charge < -0.3 is 15.4 Å². The van der Waals surface area contributed by atoms with Crippen LogP contribution >= 0.6 is 0 Å². The molecule has 2 aromatic rings. The van der Waals surface area contributed by atoms with E-state index in [1.165, 1.54) is 12.8 Å². The van der Waals surface area contributed by atoms with E-state index in [9.17, 15) is 0 Å². The molecule has 1 fully saturated rings. The number of ether oxygens (including phenoxy) is 1. The number of rotatable bonds is 6. The normalized spacial score (nSPS) is 13.8. The Bertz CT molecular complexity index is 584. The average molecular weight is 270 g/mol. The predicted octanol–water partition coefficient (Wildman–Crippen LogP) is 3.19. The van der Waals surface area contributed by atoms with Gasteiger partial charge in [0, 0.05) is 12.1 Å². The fraction of sp³-hybridized carbons (Fsp3) is 0.333. The molecule has 5 nitrogen and oxygen atoms in total. The fourth-order valence-electron chi connectivity index (χ4n) is 1.93. The van der Waals surface area contributed by atoms with Gasteiger partial charge in [0.1, 0.15) is 23.7 Å². The van der Waals surface area contributed by atoms with Crippen molar-refractivity contribution in [3.8, 4) is 5.75 Å². The molecule has 0 radical (unpaired) electrons. The highest BCUT2D eigenvalue weighted by molar-refractivity contribution is 5.65. The second-order valence-corrected chi connectivity index (χ2v) is 4.76. The van der Waals surface area contributed by atoms with Crippen LogP contribution < -0.4 is 15.4 Å². The molecular formula is C15H18N4O. The smallest absolute Gasteiger partial charge is 0.142 e. The number of benzene rings is 1. The maximum atomic E-state index is 5.59. The molecule has 0 bridgehead atoms. The van der Waals surface area contributed by atoms with Crippen LogP contribution in [-0.4, -0.2) is 22.6 Å². The van der Waals surface area contributed by atoms with Gasteiger partial charge in [-0.2, -0.15) is 0 Å². The van der Waals surface area contributed by atoms with Crippen LogP contribution in [0.15, 0.2) is 36.7 Å². The Hall–Kier alpha value is -2.30. The summed E-state index contributed by atoms with van der Waals surface area (Å²) in [7, 11) is 0. The van der Waals surface area contributed by atoms with Gasteiger partial charge in [-0.25, -0.2) is 9.97 Å². The molecule has 104 valence electrons. The van der Waals surface area contributed by atoms with Gasteiger partial charge in [0.2, 0.25) is 0 Å². The topological polar surface area (TPSA) is 59.1 Å². The minimum atomic E-state index is 0.577. The highest BCUT2D eigenvalue weighted by Gasteiger charge is 2.21. The van der Waals surface area contributed by atoms with Crippen LogP contribution in [0.3, 0.4) is 0 Å². The third-order valence-corrected chi connectivity index (χ3v) is 3.05. The molecule has 1 aliphatic carbocycles. The first-order chi connectivity index (χ1) is 9.85. The highest BCUT2D eigenvalue weighted by Crippen LogP contribution is 2.28. The van der Waals surface area contributed by atoms with E-state index in [-0.39, 0.29) is 0 Å². The second-order valence-electron chi connectivity index (χ2n) is 4.76. The summed E-state index contributed by atoms with van der Waals surface area (Å²) in [6, 6.07) is 10.3. The SMILES string of the molecule is CCOc1ccccc1Nc1cc(NC2CC2)ncn1. The minimum absolute atomic E-state index is 0.577. The lowest BCUT2D eigenvalue weighted by molar-refractivity contribution is 0.342. The first-order valence-electron chi connectivity index (χ1n) is 6.92. The monoisotopic (exact) mass is 270 g/mol. The average Bonchev–Trinajstić information content (AvgIpc) is 3.26. The second kappa shape index (κ2) is 5.77. The molecule has 0 saturated heterocycles. The zero-order valence-corrected chi connectivity index (χ0v) is 11.5. The summed E-state index contributed by atoms with van der Waals surface area (Å²) in [4.78, 5) is 8.47. The molecule has 5 heteroatoms. The lowest BCUT2D eigenvalue weighted by Crippen LogP contribution is -2.05. The van der Waals surface area contributed by atoms with Gasteiger partial charge in [-0.3, -0.25) is 0 Å². The fourth-order valence-corrected chi connectivity index (χ4v) is 1.93. The number of hydrogen-bond acceptors (Lipinski definition) is 5. The summed E-state index contributed by atoms with van der Waals surface area (Å²) in [6.45, 7) is 2.61. The van der Waals surface area contributed by atoms with E-state index in [1.54, 1.807) is 6.33 Å². The number of para-hydroxylation sites is 2. The molecule has 0 unspecified atom stereocenters. The Morgan fingerprint density at radius 2 is 2.00 bits per heavy atom. The van der Waals surface area contributed by atoms with E-state index >= 15 is 0 Å².